The number of hydrogen-bond donors (Lipinski definition) is 2. The maximum Gasteiger partial charge on any atom is 0.319 e. The van der Waals surface area contributed by atoms with Gasteiger partial charge in [-0.1, -0.05) is 48.0 Å². The summed E-state index contributed by atoms with van der Waals surface area (Å²) in [6.45, 7) is 3.82. The van der Waals surface area contributed by atoms with Gasteiger partial charge in [0.2, 0.25) is 0 Å². The third kappa shape index (κ3) is 5.76. The summed E-state index contributed by atoms with van der Waals surface area (Å²) >= 11 is 5.93. The Kier molecular flexibility index (Phi) is 6.31. The largest absolute Gasteiger partial charge is 0.338 e. The summed E-state index contributed by atoms with van der Waals surface area (Å²) in [6, 6.07) is 17.5. The molecule has 2 aromatic carbocycles. The van der Waals surface area contributed by atoms with Crippen molar-refractivity contribution in [2.45, 2.75) is 19.4 Å². The van der Waals surface area contributed by atoms with Crippen molar-refractivity contribution in [3.05, 3.63) is 65.2 Å². The van der Waals surface area contributed by atoms with Gasteiger partial charge in [-0.25, -0.2) is 4.79 Å². The predicted octanol–water partition coefficient (Wildman–Crippen LogP) is 4.37. The van der Waals surface area contributed by atoms with Crippen molar-refractivity contribution >= 4 is 23.3 Å². The molecule has 2 aromatic rings. The quantitative estimate of drug-likeness (QED) is 0.834. The number of urea groups is 1. The molecule has 1 aliphatic heterocycles. The second-order valence-corrected chi connectivity index (χ2v) is 7.01. The summed E-state index contributed by atoms with van der Waals surface area (Å²) in [5.41, 5.74) is 2.05. The number of nitrogens with one attached hydrogen (secondary N) is 2. The average molecular weight is 358 g/mol. The highest BCUT2D eigenvalue weighted by Crippen LogP contribution is 2.18. The fourth-order valence-corrected chi connectivity index (χ4v) is 3.47. The number of nitrogens with zero attached hydrogens (tertiary/aromatic N) is 1. The summed E-state index contributed by atoms with van der Waals surface area (Å²) in [5, 5.41) is 6.42. The van der Waals surface area contributed by atoms with E-state index >= 15 is 0 Å². The smallest absolute Gasteiger partial charge is 0.319 e. The van der Waals surface area contributed by atoms with Crippen molar-refractivity contribution < 1.29 is 4.79 Å². The van der Waals surface area contributed by atoms with E-state index in [1.54, 1.807) is 12.1 Å². The van der Waals surface area contributed by atoms with Gasteiger partial charge in [-0.3, -0.25) is 4.90 Å². The highest BCUT2D eigenvalue weighted by molar-refractivity contribution is 6.30. The molecule has 132 valence electrons. The van der Waals surface area contributed by atoms with E-state index in [1.807, 2.05) is 18.2 Å². The molecule has 1 unspecified atom stereocenters. The molecule has 4 nitrogen and oxygen atoms in total. The molecule has 1 fully saturated rings. The number of rotatable bonds is 5. The van der Waals surface area contributed by atoms with E-state index in [0.29, 0.717) is 23.2 Å². The first-order chi connectivity index (χ1) is 12.2. The van der Waals surface area contributed by atoms with Gasteiger partial charge in [-0.15, -0.1) is 0 Å². The fraction of sp³-hybridized carbons (Fsp3) is 0.350. The lowest BCUT2D eigenvalue weighted by Crippen LogP contribution is -2.41. The van der Waals surface area contributed by atoms with Gasteiger partial charge < -0.3 is 10.6 Å². The molecule has 0 aliphatic carbocycles. The van der Waals surface area contributed by atoms with E-state index < -0.39 is 0 Å². The van der Waals surface area contributed by atoms with Crippen LogP contribution in [0.15, 0.2) is 54.6 Å². The lowest BCUT2D eigenvalue weighted by Gasteiger charge is -2.32. The third-order valence-electron chi connectivity index (χ3n) is 4.49. The molecule has 0 bridgehead atoms. The highest BCUT2D eigenvalue weighted by atomic mass is 35.5. The Morgan fingerprint density at radius 2 is 2.00 bits per heavy atom. The number of amides is 2. The van der Waals surface area contributed by atoms with Crippen molar-refractivity contribution in [2.24, 2.45) is 5.92 Å². The zero-order chi connectivity index (χ0) is 17.5. The normalized spacial score (nSPS) is 17.9. The van der Waals surface area contributed by atoms with Gasteiger partial charge in [0.15, 0.2) is 0 Å². The fourth-order valence-electron chi connectivity index (χ4n) is 3.28. The minimum Gasteiger partial charge on any atom is -0.338 e. The lowest BCUT2D eigenvalue weighted by molar-refractivity contribution is 0.166. The standard InChI is InChI=1S/C20H24ClN3O/c21-18-9-4-10-19(12-18)23-20(25)22-13-17-8-5-11-24(15-17)14-16-6-2-1-3-7-16/h1-4,6-7,9-10,12,17H,5,8,11,13-15H2,(H2,22,23,25). The molecule has 1 aliphatic rings. The Balaban J connectivity index is 1.44. The maximum absolute atomic E-state index is 12.1. The number of benzene rings is 2. The van der Waals surface area contributed by atoms with Crippen molar-refractivity contribution in [1.29, 1.82) is 0 Å². The van der Waals surface area contributed by atoms with Crippen LogP contribution in [0.25, 0.3) is 0 Å². The van der Waals surface area contributed by atoms with Crippen LogP contribution in [-0.4, -0.2) is 30.6 Å². The first-order valence-electron chi connectivity index (χ1n) is 8.76. The Hall–Kier alpha value is -2.04. The first-order valence-corrected chi connectivity index (χ1v) is 9.13. The molecular weight excluding hydrogens is 334 g/mol. The Morgan fingerprint density at radius 1 is 1.16 bits per heavy atom. The van der Waals surface area contributed by atoms with Gasteiger partial charge in [0.1, 0.15) is 0 Å². The summed E-state index contributed by atoms with van der Waals surface area (Å²) in [5.74, 6) is 0.488. The van der Waals surface area contributed by atoms with E-state index in [-0.39, 0.29) is 6.03 Å². The molecule has 0 aromatic heterocycles. The topological polar surface area (TPSA) is 44.4 Å². The first kappa shape index (κ1) is 17.8. The average Bonchev–Trinajstić information content (AvgIpc) is 2.61. The maximum atomic E-state index is 12.1. The van der Waals surface area contributed by atoms with Gasteiger partial charge in [0, 0.05) is 30.3 Å². The van der Waals surface area contributed by atoms with E-state index in [0.717, 1.165) is 26.1 Å². The molecule has 2 amide bonds. The number of hydrogen-bond acceptors (Lipinski definition) is 2. The number of carbonyl (C=O) groups is 1. The Labute approximate surface area is 154 Å². The highest BCUT2D eigenvalue weighted by Gasteiger charge is 2.20. The molecule has 5 heteroatoms. The van der Waals surface area contributed by atoms with Gasteiger partial charge in [-0.05, 0) is 49.1 Å². The van der Waals surface area contributed by atoms with Crippen LogP contribution in [0.3, 0.4) is 0 Å². The van der Waals surface area contributed by atoms with Crippen LogP contribution in [0.5, 0.6) is 0 Å². The number of carbonyl (C=O) groups excluding carboxylic acids is 1. The third-order valence-corrected chi connectivity index (χ3v) is 4.72. The van der Waals surface area contributed by atoms with E-state index in [2.05, 4.69) is 39.8 Å². The number of halogens is 1. The molecule has 1 atom stereocenters. The number of likely N-dealkylation sites (tertiary alicyclic amines) is 1. The molecule has 0 radical (unpaired) electrons. The van der Waals surface area contributed by atoms with Gasteiger partial charge >= 0.3 is 6.03 Å². The van der Waals surface area contributed by atoms with Gasteiger partial charge in [0.25, 0.3) is 0 Å². The lowest BCUT2D eigenvalue weighted by atomic mass is 9.97. The predicted molar refractivity (Wildman–Crippen MR) is 103 cm³/mol. The molecule has 3 rings (SSSR count). The van der Waals surface area contributed by atoms with Crippen molar-refractivity contribution in [3.63, 3.8) is 0 Å². The van der Waals surface area contributed by atoms with Gasteiger partial charge in [0.05, 0.1) is 0 Å². The van der Waals surface area contributed by atoms with Crippen molar-refractivity contribution in [3.8, 4) is 0 Å². The second kappa shape index (κ2) is 8.88. The summed E-state index contributed by atoms with van der Waals surface area (Å²) < 4.78 is 0. The second-order valence-electron chi connectivity index (χ2n) is 6.57. The van der Waals surface area contributed by atoms with Crippen LogP contribution in [0.4, 0.5) is 10.5 Å². The summed E-state index contributed by atoms with van der Waals surface area (Å²) in [6.07, 6.45) is 2.33. The number of piperidine rings is 1. The Bertz CT molecular complexity index is 692. The van der Waals surface area contributed by atoms with Crippen LogP contribution in [-0.2, 0) is 6.54 Å². The van der Waals surface area contributed by atoms with Crippen LogP contribution in [0, 0.1) is 5.92 Å². The SMILES string of the molecule is O=C(NCC1CCCN(Cc2ccccc2)C1)Nc1cccc(Cl)c1. The van der Waals surface area contributed by atoms with E-state index in [4.69, 9.17) is 11.6 Å². The molecule has 0 saturated carbocycles. The molecule has 1 heterocycles. The van der Waals surface area contributed by atoms with Crippen LogP contribution < -0.4 is 10.6 Å². The Morgan fingerprint density at radius 3 is 2.80 bits per heavy atom. The monoisotopic (exact) mass is 357 g/mol. The molecule has 1 saturated heterocycles. The molecular formula is C20H24ClN3O. The molecule has 25 heavy (non-hydrogen) atoms. The molecule has 0 spiro atoms. The van der Waals surface area contributed by atoms with Crippen LogP contribution in [0.1, 0.15) is 18.4 Å². The zero-order valence-corrected chi connectivity index (χ0v) is 15.0. The molecule has 2 N–H and O–H groups in total. The van der Waals surface area contributed by atoms with E-state index in [9.17, 15) is 4.79 Å². The van der Waals surface area contributed by atoms with Crippen molar-refractivity contribution in [2.75, 3.05) is 25.0 Å². The van der Waals surface area contributed by atoms with Crippen molar-refractivity contribution in [1.82, 2.24) is 10.2 Å². The minimum absolute atomic E-state index is 0.178. The van der Waals surface area contributed by atoms with Crippen LogP contribution >= 0.6 is 11.6 Å². The summed E-state index contributed by atoms with van der Waals surface area (Å²) in [7, 11) is 0. The van der Waals surface area contributed by atoms with Gasteiger partial charge in [-0.2, -0.15) is 0 Å². The summed E-state index contributed by atoms with van der Waals surface area (Å²) in [4.78, 5) is 14.5. The number of anilines is 1. The van der Waals surface area contributed by atoms with Crippen LogP contribution in [0.2, 0.25) is 5.02 Å². The minimum atomic E-state index is -0.178. The zero-order valence-electron chi connectivity index (χ0n) is 14.2. The van der Waals surface area contributed by atoms with E-state index in [1.165, 1.54) is 12.0 Å².